The first-order valence-corrected chi connectivity index (χ1v) is 23.8. The van der Waals surface area contributed by atoms with Crippen LogP contribution < -0.4 is 25.6 Å². The molecule has 0 bridgehead atoms. The largest absolute Gasteiger partial charge is 0.744 e. The van der Waals surface area contributed by atoms with Crippen molar-refractivity contribution >= 4 is 65.3 Å². The zero-order valence-corrected chi connectivity index (χ0v) is 37.1. The summed E-state index contributed by atoms with van der Waals surface area (Å²) >= 11 is 0. The molecule has 3 aromatic carbocycles. The molecule has 3 amide bonds. The molecule has 4 aliphatic heterocycles. The molecule has 22 heteroatoms. The number of fused-ring (bicyclic) bond motifs is 4. The monoisotopic (exact) mass is 916 g/mol. The third-order valence-corrected chi connectivity index (χ3v) is 13.9. The number of carbonyl (C=O) groups excluding carboxylic acids is 4. The highest BCUT2D eigenvalue weighted by Gasteiger charge is 2.43. The second kappa shape index (κ2) is 14.9. The number of anilines is 1. The normalized spacial score (nSPS) is 20.2. The van der Waals surface area contributed by atoms with Crippen molar-refractivity contribution in [2.24, 2.45) is 0 Å². The van der Waals surface area contributed by atoms with E-state index in [2.05, 4.69) is 10.3 Å². The standard InChI is InChI=1S/C40H44N4O15S3/c1-19-17-39(3,4)41-31-23(19)15-26-30(22-9-8-21(38(48)59-44-28(45)10-11-29(44)46)14-25(22)37(47)43(7)12-13-60(49,50)51)27-16-24-20(2)18-40(5,6)42-32(24)36(62(55,56)57)34(27)58-33(26)35(31)61(52,53)54/h8-9,14-16,19-20,41H,10-13,17-18H2,1-7H3,(H,49,50,51)(H,52,53,54)(H,55,56,57). The molecule has 2 atom stereocenters. The maximum Gasteiger partial charge on any atom is 0.363 e. The summed E-state index contributed by atoms with van der Waals surface area (Å²) < 4.78 is 118. The van der Waals surface area contributed by atoms with E-state index in [0.29, 0.717) is 24.0 Å². The smallest absolute Gasteiger partial charge is 0.363 e. The van der Waals surface area contributed by atoms with Gasteiger partial charge in [0.1, 0.15) is 15.0 Å². The van der Waals surface area contributed by atoms with Crippen molar-refractivity contribution in [2.45, 2.75) is 99.9 Å². The lowest BCUT2D eigenvalue weighted by atomic mass is 9.79. The van der Waals surface area contributed by atoms with Gasteiger partial charge in [-0.05, 0) is 81.3 Å². The molecule has 332 valence electrons. The molecule has 3 aromatic rings. The molecule has 7 rings (SSSR count). The quantitative estimate of drug-likeness (QED) is 0.135. The summed E-state index contributed by atoms with van der Waals surface area (Å²) in [5.41, 5.74) is -1.99. The number of hydrogen-bond acceptors (Lipinski definition) is 14. The first kappa shape index (κ1) is 44.8. The van der Waals surface area contributed by atoms with E-state index < -0.39 is 116 Å². The van der Waals surface area contributed by atoms with Crippen LogP contribution in [0.15, 0.2) is 40.1 Å². The van der Waals surface area contributed by atoms with Gasteiger partial charge in [-0.3, -0.25) is 23.5 Å². The van der Waals surface area contributed by atoms with Gasteiger partial charge in [0, 0.05) is 65.9 Å². The second-order valence-corrected chi connectivity index (χ2v) is 21.7. The topological polar surface area (TPSA) is 285 Å². The van der Waals surface area contributed by atoms with Crippen molar-refractivity contribution in [3.8, 4) is 11.5 Å². The van der Waals surface area contributed by atoms with Crippen molar-refractivity contribution in [1.82, 2.24) is 9.96 Å². The number of nitrogens with zero attached hydrogens (tertiary/aromatic N) is 2. The van der Waals surface area contributed by atoms with Crippen molar-refractivity contribution in [2.75, 3.05) is 24.7 Å². The number of ether oxygens (including phenoxy) is 1. The minimum Gasteiger partial charge on any atom is -0.744 e. The molecule has 2 unspecified atom stereocenters. The van der Waals surface area contributed by atoms with E-state index >= 15 is 0 Å². The molecule has 4 N–H and O–H groups in total. The Morgan fingerprint density at radius 3 is 2.15 bits per heavy atom. The molecule has 19 nitrogen and oxygen atoms in total. The first-order chi connectivity index (χ1) is 28.5. The number of nitrogens with one attached hydrogen (secondary N) is 2. The summed E-state index contributed by atoms with van der Waals surface area (Å²) in [5.74, 6) is -6.77. The zero-order chi connectivity index (χ0) is 45.8. The van der Waals surface area contributed by atoms with Crippen LogP contribution in [0.25, 0.3) is 5.57 Å². The molecular formula is C40H44N4O15S3. The third kappa shape index (κ3) is 8.21. The number of hydroxylamine groups is 2. The van der Waals surface area contributed by atoms with Crippen molar-refractivity contribution < 1.29 is 72.7 Å². The minimum atomic E-state index is -5.52. The Labute approximate surface area is 357 Å². The Hall–Kier alpha value is -5.26. The van der Waals surface area contributed by atoms with Crippen LogP contribution in [0.4, 0.5) is 5.69 Å². The highest BCUT2D eigenvalue weighted by molar-refractivity contribution is 7.86. The molecule has 4 aliphatic rings. The Kier molecular flexibility index (Phi) is 10.8. The van der Waals surface area contributed by atoms with E-state index in [1.807, 2.05) is 13.8 Å². The average molecular weight is 917 g/mol. The van der Waals surface area contributed by atoms with Crippen LogP contribution in [0.1, 0.15) is 122 Å². The van der Waals surface area contributed by atoms with Gasteiger partial charge in [0.15, 0.2) is 17.0 Å². The van der Waals surface area contributed by atoms with Gasteiger partial charge in [-0.15, -0.1) is 5.06 Å². The van der Waals surface area contributed by atoms with E-state index in [1.54, 1.807) is 39.8 Å². The van der Waals surface area contributed by atoms with E-state index in [4.69, 9.17) is 9.57 Å². The Bertz CT molecular complexity index is 3000. The van der Waals surface area contributed by atoms with Gasteiger partial charge in [-0.25, -0.2) is 18.2 Å². The number of imide groups is 1. The van der Waals surface area contributed by atoms with Gasteiger partial charge >= 0.3 is 16.1 Å². The van der Waals surface area contributed by atoms with E-state index in [1.165, 1.54) is 13.1 Å². The van der Waals surface area contributed by atoms with Gasteiger partial charge in [-0.2, -0.15) is 16.8 Å². The van der Waals surface area contributed by atoms with Crippen LogP contribution in [0.5, 0.6) is 11.5 Å². The van der Waals surface area contributed by atoms with Crippen LogP contribution in [0, 0.1) is 0 Å². The lowest BCUT2D eigenvalue weighted by molar-refractivity contribution is -0.590. The SMILES string of the molecule is CC1CC(C)(C)Nc2c1cc1c(c2S(=O)(=O)[O-])Oc2c(S(=O)(=O)O)c3c(cc2=C1c1ccc(C(=O)ON2C(=O)CCC2=O)cc1C(=O)N(C)CCS(=O)(=O)O)C(C)CC(C)(C)[NH+]=3. The summed E-state index contributed by atoms with van der Waals surface area (Å²) in [4.78, 5) is 60.3. The predicted molar refractivity (Wildman–Crippen MR) is 216 cm³/mol. The number of amides is 3. The van der Waals surface area contributed by atoms with Crippen molar-refractivity contribution in [3.05, 3.63) is 74.3 Å². The van der Waals surface area contributed by atoms with E-state index in [0.717, 1.165) is 17.0 Å². The van der Waals surface area contributed by atoms with E-state index in [-0.39, 0.29) is 56.8 Å². The fourth-order valence-corrected chi connectivity index (χ4v) is 11.0. The first-order valence-electron chi connectivity index (χ1n) is 19.4. The molecule has 0 saturated carbocycles. The number of rotatable bonds is 9. The molecule has 0 aliphatic carbocycles. The van der Waals surface area contributed by atoms with Crippen LogP contribution in [0.2, 0.25) is 0 Å². The summed E-state index contributed by atoms with van der Waals surface area (Å²) in [6, 6.07) is 6.51. The van der Waals surface area contributed by atoms with Gasteiger partial charge in [0.25, 0.3) is 27.8 Å². The fraction of sp³-hybridized carbons (Fsp3) is 0.425. The Morgan fingerprint density at radius 2 is 1.55 bits per heavy atom. The molecule has 1 fully saturated rings. The van der Waals surface area contributed by atoms with Gasteiger partial charge in [-0.1, -0.05) is 19.9 Å². The predicted octanol–water partition coefficient (Wildman–Crippen LogP) is 1.05. The summed E-state index contributed by atoms with van der Waals surface area (Å²) in [7, 11) is -14.2. The molecule has 0 spiro atoms. The Balaban J connectivity index is 1.65. The molecule has 0 aromatic heterocycles. The molecule has 0 radical (unpaired) electrons. The van der Waals surface area contributed by atoms with Crippen LogP contribution in [0.3, 0.4) is 0 Å². The summed E-state index contributed by atoms with van der Waals surface area (Å²) in [5, 5.41) is 3.28. The third-order valence-electron chi connectivity index (χ3n) is 11.4. The molecule has 1 saturated heterocycles. The second-order valence-electron chi connectivity index (χ2n) is 17.5. The highest BCUT2D eigenvalue weighted by atomic mass is 32.2. The maximum atomic E-state index is 14.6. The summed E-state index contributed by atoms with van der Waals surface area (Å²) in [6.07, 6.45) is 0.473. The van der Waals surface area contributed by atoms with Crippen LogP contribution in [-0.2, 0) is 44.8 Å². The summed E-state index contributed by atoms with van der Waals surface area (Å²) in [6.45, 7) is 10.2. The molecule has 4 heterocycles. The van der Waals surface area contributed by atoms with E-state index in [9.17, 15) is 58.1 Å². The lowest BCUT2D eigenvalue weighted by Crippen LogP contribution is -2.91. The highest BCUT2D eigenvalue weighted by Crippen LogP contribution is 2.51. The van der Waals surface area contributed by atoms with Gasteiger partial charge < -0.3 is 24.3 Å². The average Bonchev–Trinajstić information content (AvgIpc) is 3.44. The number of hydrogen-bond donors (Lipinski definition) is 4. The minimum absolute atomic E-state index is 0.0551. The van der Waals surface area contributed by atoms with Crippen molar-refractivity contribution in [1.29, 1.82) is 0 Å². The van der Waals surface area contributed by atoms with Crippen molar-refractivity contribution in [3.63, 3.8) is 0 Å². The fourth-order valence-electron chi connectivity index (χ4n) is 8.90. The molecule has 62 heavy (non-hydrogen) atoms. The lowest BCUT2D eigenvalue weighted by Gasteiger charge is -2.40. The Morgan fingerprint density at radius 1 is 0.919 bits per heavy atom. The molecular weight excluding hydrogens is 873 g/mol. The van der Waals surface area contributed by atoms with Crippen LogP contribution >= 0.6 is 0 Å². The maximum absolute atomic E-state index is 14.6. The number of carbonyl (C=O) groups is 4. The van der Waals surface area contributed by atoms with Crippen LogP contribution in [-0.4, -0.2) is 103 Å². The van der Waals surface area contributed by atoms with Gasteiger partial charge in [0.05, 0.1) is 17.0 Å². The number of benzene rings is 3. The zero-order valence-electron chi connectivity index (χ0n) is 34.6. The van der Waals surface area contributed by atoms with Gasteiger partial charge in [0.2, 0.25) is 10.3 Å².